The Bertz CT molecular complexity index is 1050. The molecule has 0 saturated carbocycles. The molecule has 3 aromatic rings. The number of aromatic nitrogens is 2. The topological polar surface area (TPSA) is 75.9 Å². The number of fused-ring (bicyclic) bond motifs is 3. The van der Waals surface area contributed by atoms with Gasteiger partial charge in [-0.2, -0.15) is 0 Å². The lowest BCUT2D eigenvalue weighted by Crippen LogP contribution is -2.43. The first-order chi connectivity index (χ1) is 14.2. The van der Waals surface area contributed by atoms with Crippen molar-refractivity contribution < 1.29 is 13.7 Å². The molecule has 4 heterocycles. The molecule has 2 aliphatic rings. The maximum absolute atomic E-state index is 12.9. The lowest BCUT2D eigenvalue weighted by atomic mass is 10.2. The molecule has 0 radical (unpaired) electrons. The van der Waals surface area contributed by atoms with Crippen LogP contribution in [0.15, 0.2) is 59.9 Å². The summed E-state index contributed by atoms with van der Waals surface area (Å²) < 4.78 is 22.5. The van der Waals surface area contributed by atoms with Gasteiger partial charge >= 0.3 is 0 Å². The van der Waals surface area contributed by atoms with Crippen LogP contribution in [0.4, 0.5) is 0 Å². The lowest BCUT2D eigenvalue weighted by molar-refractivity contribution is -0.00993. The van der Waals surface area contributed by atoms with Crippen LogP contribution in [0.25, 0.3) is 5.65 Å². The molecule has 1 aromatic carbocycles. The van der Waals surface area contributed by atoms with Gasteiger partial charge in [-0.05, 0) is 42.7 Å². The Kier molecular flexibility index (Phi) is 4.91. The number of hydrogen-bond acceptors (Lipinski definition) is 4. The molecule has 8 heteroatoms. The second-order valence-electron chi connectivity index (χ2n) is 7.49. The first-order valence-corrected chi connectivity index (χ1v) is 10.9. The van der Waals surface area contributed by atoms with Crippen LogP contribution in [0, 0.1) is 0 Å². The Morgan fingerprint density at radius 1 is 1.14 bits per heavy atom. The molecule has 150 valence electrons. The molecule has 2 aromatic heterocycles. The van der Waals surface area contributed by atoms with E-state index in [1.165, 1.54) is 0 Å². The van der Waals surface area contributed by atoms with Crippen LogP contribution in [0.2, 0.25) is 0 Å². The zero-order valence-electron chi connectivity index (χ0n) is 15.9. The van der Waals surface area contributed by atoms with Gasteiger partial charge in [0.25, 0.3) is 5.91 Å². The fraction of sp³-hybridized carbons (Fsp3) is 0.333. The predicted octanol–water partition coefficient (Wildman–Crippen LogP) is 2.15. The molecule has 1 N–H and O–H groups in total. The molecule has 0 aliphatic carbocycles. The van der Waals surface area contributed by atoms with Crippen LogP contribution in [0.1, 0.15) is 28.8 Å². The number of rotatable bonds is 5. The van der Waals surface area contributed by atoms with E-state index >= 15 is 0 Å². The molecular weight excluding hydrogens is 388 g/mol. The third kappa shape index (κ3) is 3.83. The largest absolute Gasteiger partial charge is 0.372 e. The monoisotopic (exact) mass is 410 g/mol. The molecule has 2 aliphatic heterocycles. The number of benzene rings is 1. The number of morpholine rings is 1. The number of carbonyl (C=O) groups excluding carboxylic acids is 1. The molecule has 0 spiro atoms. The first-order valence-electron chi connectivity index (χ1n) is 9.78. The molecule has 3 atom stereocenters. The van der Waals surface area contributed by atoms with Gasteiger partial charge in [0.05, 0.1) is 22.7 Å². The lowest BCUT2D eigenvalue weighted by Gasteiger charge is -2.30. The normalized spacial score (nSPS) is 22.6. The zero-order chi connectivity index (χ0) is 19.8. The Morgan fingerprint density at radius 3 is 2.66 bits per heavy atom. The van der Waals surface area contributed by atoms with E-state index in [0.717, 1.165) is 42.0 Å². The predicted molar refractivity (Wildman–Crippen MR) is 109 cm³/mol. The molecule has 29 heavy (non-hydrogen) atoms. The molecule has 5 rings (SSSR count). The highest BCUT2D eigenvalue weighted by Crippen LogP contribution is 2.28. The minimum Gasteiger partial charge on any atom is -0.372 e. The number of nitrogens with one attached hydrogen (secondary N) is 1. The third-order valence-corrected chi connectivity index (χ3v) is 6.92. The van der Waals surface area contributed by atoms with E-state index in [9.17, 15) is 9.00 Å². The van der Waals surface area contributed by atoms with Gasteiger partial charge < -0.3 is 14.5 Å². The number of amides is 1. The van der Waals surface area contributed by atoms with Gasteiger partial charge in [-0.25, -0.2) is 13.5 Å². The third-order valence-electron chi connectivity index (χ3n) is 5.47. The van der Waals surface area contributed by atoms with Crippen molar-refractivity contribution >= 4 is 22.5 Å². The molecule has 2 saturated heterocycles. The first kappa shape index (κ1) is 18.5. The fourth-order valence-electron chi connectivity index (χ4n) is 3.92. The van der Waals surface area contributed by atoms with E-state index in [2.05, 4.69) is 10.3 Å². The highest BCUT2D eigenvalue weighted by molar-refractivity contribution is 7.82. The quantitative estimate of drug-likeness (QED) is 0.699. The molecule has 2 fully saturated rings. The van der Waals surface area contributed by atoms with Crippen molar-refractivity contribution in [3.8, 4) is 0 Å². The van der Waals surface area contributed by atoms with Crippen molar-refractivity contribution in [1.29, 1.82) is 0 Å². The van der Waals surface area contributed by atoms with E-state index in [-0.39, 0.29) is 18.1 Å². The van der Waals surface area contributed by atoms with Gasteiger partial charge in [0.1, 0.15) is 16.6 Å². The van der Waals surface area contributed by atoms with Crippen LogP contribution in [0.5, 0.6) is 0 Å². The summed E-state index contributed by atoms with van der Waals surface area (Å²) in [4.78, 5) is 17.4. The maximum Gasteiger partial charge on any atom is 0.253 e. The summed E-state index contributed by atoms with van der Waals surface area (Å²) in [5, 5.41) is 2.93. The van der Waals surface area contributed by atoms with E-state index in [1.807, 2.05) is 45.2 Å². The summed E-state index contributed by atoms with van der Waals surface area (Å²) in [5.41, 5.74) is 2.35. The molecule has 7 nitrogen and oxygen atoms in total. The van der Waals surface area contributed by atoms with E-state index in [1.54, 1.807) is 18.5 Å². The van der Waals surface area contributed by atoms with Crippen LogP contribution < -0.4 is 5.32 Å². The van der Waals surface area contributed by atoms with Gasteiger partial charge in [0.15, 0.2) is 0 Å². The number of carbonyl (C=O) groups is 1. The van der Waals surface area contributed by atoms with Crippen LogP contribution in [-0.2, 0) is 22.3 Å². The van der Waals surface area contributed by atoms with E-state index in [4.69, 9.17) is 4.74 Å². The number of imidazole rings is 1. The second-order valence-corrected chi connectivity index (χ2v) is 8.98. The molecule has 3 unspecified atom stereocenters. The summed E-state index contributed by atoms with van der Waals surface area (Å²) in [6.07, 6.45) is 7.83. The summed E-state index contributed by atoms with van der Waals surface area (Å²) >= 11 is 0. The Morgan fingerprint density at radius 2 is 1.90 bits per heavy atom. The zero-order valence-corrected chi connectivity index (χ0v) is 16.7. The number of nitrogens with zero attached hydrogens (tertiary/aromatic N) is 3. The molecule has 2 bridgehead atoms. The Hall–Kier alpha value is -2.55. The average Bonchev–Trinajstić information content (AvgIpc) is 3.36. The highest BCUT2D eigenvalue weighted by Gasteiger charge is 2.36. The molecular formula is C21H22N4O3S. The summed E-state index contributed by atoms with van der Waals surface area (Å²) in [6, 6.07) is 11.2. The summed E-state index contributed by atoms with van der Waals surface area (Å²) in [5.74, 6) is -0.142. The Labute approximate surface area is 171 Å². The van der Waals surface area contributed by atoms with Crippen LogP contribution in [-0.4, -0.2) is 49.1 Å². The Balaban J connectivity index is 1.20. The van der Waals surface area contributed by atoms with Gasteiger partial charge in [-0.1, -0.05) is 12.1 Å². The number of pyridine rings is 1. The van der Waals surface area contributed by atoms with E-state index in [0.29, 0.717) is 12.1 Å². The van der Waals surface area contributed by atoms with Gasteiger partial charge in [-0.3, -0.25) is 4.79 Å². The van der Waals surface area contributed by atoms with Crippen molar-refractivity contribution in [2.45, 2.75) is 36.5 Å². The molecule has 1 amide bonds. The second kappa shape index (κ2) is 7.70. The minimum atomic E-state index is -1.17. The van der Waals surface area contributed by atoms with Crippen molar-refractivity contribution in [2.24, 2.45) is 0 Å². The van der Waals surface area contributed by atoms with Crippen molar-refractivity contribution in [1.82, 2.24) is 19.0 Å². The smallest absolute Gasteiger partial charge is 0.253 e. The standard InChI is InChI=1S/C21H22N4O3S/c26-21(16-3-8-20-22-9-10-24(20)12-16)23-11-15-1-6-19(7-2-15)29(27)25-13-17-4-5-18(14-25)28-17/h1-3,6-10,12,17-18H,4-5,11,13-14H2,(H,23,26). The number of ether oxygens (including phenoxy) is 1. The van der Waals surface area contributed by atoms with Crippen molar-refractivity contribution in [2.75, 3.05) is 13.1 Å². The number of hydrogen-bond donors (Lipinski definition) is 1. The SMILES string of the molecule is O=C(NCc1ccc(S(=O)N2CC3CCC(C2)O3)cc1)c1ccc2nccn2c1. The highest BCUT2D eigenvalue weighted by atomic mass is 32.2. The van der Waals surface area contributed by atoms with Gasteiger partial charge in [0, 0.05) is 38.2 Å². The maximum atomic E-state index is 12.9. The van der Waals surface area contributed by atoms with Crippen LogP contribution in [0.3, 0.4) is 0 Å². The van der Waals surface area contributed by atoms with Gasteiger partial charge in [0.2, 0.25) is 0 Å². The van der Waals surface area contributed by atoms with Gasteiger partial charge in [-0.15, -0.1) is 0 Å². The summed E-state index contributed by atoms with van der Waals surface area (Å²) in [6.45, 7) is 1.86. The van der Waals surface area contributed by atoms with E-state index < -0.39 is 11.0 Å². The van der Waals surface area contributed by atoms with Crippen molar-refractivity contribution in [3.63, 3.8) is 0 Å². The average molecular weight is 410 g/mol. The van der Waals surface area contributed by atoms with Crippen molar-refractivity contribution in [3.05, 3.63) is 66.1 Å². The minimum absolute atomic E-state index is 0.142. The van der Waals surface area contributed by atoms with Crippen LogP contribution >= 0.6 is 0 Å². The summed E-state index contributed by atoms with van der Waals surface area (Å²) in [7, 11) is -1.17. The fourth-order valence-corrected chi connectivity index (χ4v) is 5.19.